The zero-order valence-corrected chi connectivity index (χ0v) is 8.83. The lowest BCUT2D eigenvalue weighted by Crippen LogP contribution is -2.15. The Morgan fingerprint density at radius 2 is 2.07 bits per heavy atom. The fourth-order valence-electron chi connectivity index (χ4n) is 1.04. The highest BCUT2D eigenvalue weighted by molar-refractivity contribution is 7.79. The average molecular weight is 213 g/mol. The summed E-state index contributed by atoms with van der Waals surface area (Å²) in [6.07, 6.45) is 0. The smallest absolute Gasteiger partial charge is 0.119 e. The van der Waals surface area contributed by atoms with Gasteiger partial charge in [0, 0.05) is 11.7 Å². The third-order valence-electron chi connectivity index (χ3n) is 1.70. The molecule has 0 bridgehead atoms. The van der Waals surface area contributed by atoms with Crippen LogP contribution in [0.5, 0.6) is 5.75 Å². The van der Waals surface area contributed by atoms with Crippen molar-refractivity contribution in [3.63, 3.8) is 0 Å². The molecule has 1 rings (SSSR count). The van der Waals surface area contributed by atoms with Gasteiger partial charge in [-0.15, -0.1) is 0 Å². The summed E-state index contributed by atoms with van der Waals surface area (Å²) in [5.74, 6) is 0.942. The van der Waals surface area contributed by atoms with Crippen molar-refractivity contribution in [1.82, 2.24) is 0 Å². The molecule has 0 amide bonds. The fourth-order valence-corrected chi connectivity index (χ4v) is 1.60. The fraction of sp³-hybridized carbons (Fsp3) is 0.400. The van der Waals surface area contributed by atoms with Crippen LogP contribution in [-0.2, 0) is 11.1 Å². The predicted molar refractivity (Wildman–Crippen MR) is 54.9 cm³/mol. The maximum absolute atomic E-state index is 10.4. The van der Waals surface area contributed by atoms with Gasteiger partial charge in [-0.25, -0.2) is 0 Å². The Balaban J connectivity index is 2.30. The Morgan fingerprint density at radius 3 is 2.64 bits per heavy atom. The monoisotopic (exact) mass is 213 g/mol. The van der Waals surface area contributed by atoms with Gasteiger partial charge in [0.15, 0.2) is 0 Å². The first kappa shape index (κ1) is 11.2. The molecule has 0 aliphatic heterocycles. The average Bonchev–Trinajstić information content (AvgIpc) is 2.15. The molecule has 0 saturated carbocycles. The molecular weight excluding hydrogens is 200 g/mol. The molecule has 1 aromatic carbocycles. The molecular formula is C10H13O3S-. The molecule has 2 unspecified atom stereocenters. The van der Waals surface area contributed by atoms with E-state index in [9.17, 15) is 8.76 Å². The van der Waals surface area contributed by atoms with E-state index < -0.39 is 11.1 Å². The van der Waals surface area contributed by atoms with Gasteiger partial charge < -0.3 is 9.29 Å². The Hall–Kier alpha value is -0.870. The Labute approximate surface area is 86.4 Å². The summed E-state index contributed by atoms with van der Waals surface area (Å²) in [5.41, 5.74) is 0. The standard InChI is InChI=1S/C10H14O3S/c1-9(8-14(11)12)7-13-10-5-3-2-4-6-10/h2-6,9H,7-8H2,1H3,(H,11,12)/p-1. The largest absolute Gasteiger partial charge is 0.772 e. The number of hydrogen-bond donors (Lipinski definition) is 0. The molecule has 0 radical (unpaired) electrons. The Morgan fingerprint density at radius 1 is 1.43 bits per heavy atom. The third-order valence-corrected chi connectivity index (χ3v) is 2.54. The van der Waals surface area contributed by atoms with Gasteiger partial charge in [0.1, 0.15) is 5.75 Å². The highest BCUT2D eigenvalue weighted by atomic mass is 32.2. The van der Waals surface area contributed by atoms with Crippen LogP contribution in [0.2, 0.25) is 0 Å². The first-order valence-corrected chi connectivity index (χ1v) is 5.66. The zero-order valence-electron chi connectivity index (χ0n) is 8.01. The number of benzene rings is 1. The van der Waals surface area contributed by atoms with E-state index in [1.165, 1.54) is 0 Å². The SMILES string of the molecule is CC(COc1ccccc1)CS(=O)[O-]. The molecule has 2 atom stereocenters. The second-order valence-electron chi connectivity index (χ2n) is 3.20. The molecule has 0 aliphatic carbocycles. The van der Waals surface area contributed by atoms with Crippen molar-refractivity contribution in [2.45, 2.75) is 6.92 Å². The Kier molecular flexibility index (Phi) is 4.62. The van der Waals surface area contributed by atoms with Crippen LogP contribution in [0.15, 0.2) is 30.3 Å². The second-order valence-corrected chi connectivity index (χ2v) is 4.14. The first-order valence-electron chi connectivity index (χ1n) is 4.42. The van der Waals surface area contributed by atoms with E-state index in [1.807, 2.05) is 37.3 Å². The van der Waals surface area contributed by atoms with Crippen LogP contribution in [0.3, 0.4) is 0 Å². The number of hydrogen-bond acceptors (Lipinski definition) is 3. The van der Waals surface area contributed by atoms with Gasteiger partial charge in [-0.1, -0.05) is 36.2 Å². The molecule has 78 valence electrons. The number of ether oxygens (including phenoxy) is 1. The lowest BCUT2D eigenvalue weighted by molar-refractivity contribution is 0.271. The van der Waals surface area contributed by atoms with E-state index in [0.29, 0.717) is 6.61 Å². The number of rotatable bonds is 5. The van der Waals surface area contributed by atoms with Crippen molar-refractivity contribution in [1.29, 1.82) is 0 Å². The van der Waals surface area contributed by atoms with E-state index in [1.54, 1.807) is 0 Å². The van der Waals surface area contributed by atoms with Gasteiger partial charge in [-0.3, -0.25) is 4.21 Å². The van der Waals surface area contributed by atoms with Crippen LogP contribution in [-0.4, -0.2) is 21.1 Å². The van der Waals surface area contributed by atoms with E-state index in [2.05, 4.69) is 0 Å². The van der Waals surface area contributed by atoms with Gasteiger partial charge in [0.25, 0.3) is 0 Å². The molecule has 1 aromatic rings. The van der Waals surface area contributed by atoms with Crippen LogP contribution < -0.4 is 4.74 Å². The molecule has 0 spiro atoms. The van der Waals surface area contributed by atoms with Crippen molar-refractivity contribution in [3.8, 4) is 5.75 Å². The summed E-state index contributed by atoms with van der Waals surface area (Å²) in [7, 11) is 0. The lowest BCUT2D eigenvalue weighted by Gasteiger charge is -2.14. The highest BCUT2D eigenvalue weighted by Gasteiger charge is 2.02. The molecule has 3 nitrogen and oxygen atoms in total. The Bertz CT molecular complexity index is 287. The molecule has 0 aliphatic rings. The minimum Gasteiger partial charge on any atom is -0.772 e. The van der Waals surface area contributed by atoms with Crippen LogP contribution >= 0.6 is 0 Å². The lowest BCUT2D eigenvalue weighted by atomic mass is 10.2. The normalized spacial score (nSPS) is 14.7. The van der Waals surface area contributed by atoms with Gasteiger partial charge in [-0.2, -0.15) is 0 Å². The molecule has 0 saturated heterocycles. The molecule has 0 N–H and O–H groups in total. The zero-order chi connectivity index (χ0) is 10.4. The van der Waals surface area contributed by atoms with Crippen LogP contribution in [0.4, 0.5) is 0 Å². The van der Waals surface area contributed by atoms with Crippen LogP contribution in [0.25, 0.3) is 0 Å². The summed E-state index contributed by atoms with van der Waals surface area (Å²) in [6, 6.07) is 9.36. The summed E-state index contributed by atoms with van der Waals surface area (Å²) in [6.45, 7) is 2.27. The summed E-state index contributed by atoms with van der Waals surface area (Å²) in [4.78, 5) is 0. The molecule has 4 heteroatoms. The van der Waals surface area contributed by atoms with Gasteiger partial charge in [0.05, 0.1) is 6.61 Å². The summed E-state index contributed by atoms with van der Waals surface area (Å²) in [5, 5.41) is 0. The molecule has 0 heterocycles. The van der Waals surface area contributed by atoms with Crippen molar-refractivity contribution < 1.29 is 13.5 Å². The van der Waals surface area contributed by atoms with E-state index in [4.69, 9.17) is 4.74 Å². The highest BCUT2D eigenvalue weighted by Crippen LogP contribution is 2.10. The van der Waals surface area contributed by atoms with Crippen molar-refractivity contribution in [2.24, 2.45) is 5.92 Å². The maximum Gasteiger partial charge on any atom is 0.119 e. The van der Waals surface area contributed by atoms with Crippen LogP contribution in [0, 0.1) is 5.92 Å². The molecule has 0 aromatic heterocycles. The topological polar surface area (TPSA) is 49.4 Å². The summed E-state index contributed by atoms with van der Waals surface area (Å²) < 4.78 is 26.1. The van der Waals surface area contributed by atoms with Crippen molar-refractivity contribution >= 4 is 11.1 Å². The third kappa shape index (κ3) is 4.39. The van der Waals surface area contributed by atoms with Crippen LogP contribution in [0.1, 0.15) is 6.92 Å². The van der Waals surface area contributed by atoms with Gasteiger partial charge in [0.2, 0.25) is 0 Å². The predicted octanol–water partition coefficient (Wildman–Crippen LogP) is 1.58. The van der Waals surface area contributed by atoms with Crippen molar-refractivity contribution in [3.05, 3.63) is 30.3 Å². The first-order chi connectivity index (χ1) is 6.68. The minimum atomic E-state index is -1.98. The minimum absolute atomic E-state index is 0.0218. The molecule has 14 heavy (non-hydrogen) atoms. The van der Waals surface area contributed by atoms with Gasteiger partial charge in [-0.05, 0) is 12.1 Å². The maximum atomic E-state index is 10.4. The van der Waals surface area contributed by atoms with E-state index in [-0.39, 0.29) is 11.7 Å². The summed E-state index contributed by atoms with van der Waals surface area (Å²) >= 11 is -1.98. The number of para-hydroxylation sites is 1. The van der Waals surface area contributed by atoms with Gasteiger partial charge >= 0.3 is 0 Å². The second kappa shape index (κ2) is 5.78. The molecule has 0 fully saturated rings. The van der Waals surface area contributed by atoms with Crippen molar-refractivity contribution in [2.75, 3.05) is 12.4 Å². The quantitative estimate of drug-likeness (QED) is 0.698. The van der Waals surface area contributed by atoms with E-state index in [0.717, 1.165) is 5.75 Å². The van der Waals surface area contributed by atoms with E-state index >= 15 is 0 Å².